The minimum Gasteiger partial charge on any atom is -0.327 e. The summed E-state index contributed by atoms with van der Waals surface area (Å²) in [5.41, 5.74) is 7.73. The fraction of sp³-hybridized carbons (Fsp3) is 0.625. The zero-order chi connectivity index (χ0) is 12.5. The maximum Gasteiger partial charge on any atom is 0.0320 e. The summed E-state index contributed by atoms with van der Waals surface area (Å²) < 4.78 is 0. The van der Waals surface area contributed by atoms with Gasteiger partial charge in [-0.1, -0.05) is 36.8 Å². The van der Waals surface area contributed by atoms with Crippen LogP contribution in [0.25, 0.3) is 0 Å². The van der Waals surface area contributed by atoms with E-state index in [2.05, 4.69) is 42.2 Å². The van der Waals surface area contributed by atoms with Gasteiger partial charge in [0.05, 0.1) is 0 Å². The summed E-state index contributed by atoms with van der Waals surface area (Å²) in [6, 6.07) is 11.8. The van der Waals surface area contributed by atoms with Crippen molar-refractivity contribution in [3.05, 3.63) is 35.9 Å². The lowest BCUT2D eigenvalue weighted by molar-refractivity contribution is 0.245. The van der Waals surface area contributed by atoms with Gasteiger partial charge in [-0.25, -0.2) is 0 Å². The van der Waals surface area contributed by atoms with E-state index >= 15 is 0 Å². The maximum atomic E-state index is 6.29. The molecule has 3 rings (SSSR count). The van der Waals surface area contributed by atoms with Crippen LogP contribution in [0.1, 0.15) is 37.8 Å². The summed E-state index contributed by atoms with van der Waals surface area (Å²) in [5.74, 6) is 1.59. The molecule has 2 N–H and O–H groups in total. The summed E-state index contributed by atoms with van der Waals surface area (Å²) in [4.78, 5) is 2.63. The van der Waals surface area contributed by atoms with E-state index in [-0.39, 0.29) is 0 Å². The molecule has 2 aliphatic rings. The molecule has 98 valence electrons. The monoisotopic (exact) mass is 244 g/mol. The molecule has 0 spiro atoms. The molecule has 1 aromatic rings. The molecule has 0 radical (unpaired) electrons. The van der Waals surface area contributed by atoms with E-state index < -0.39 is 0 Å². The highest BCUT2D eigenvalue weighted by Crippen LogP contribution is 2.38. The third-order valence-electron chi connectivity index (χ3n) is 5.01. The summed E-state index contributed by atoms with van der Waals surface area (Å²) in [6.45, 7) is 4.77. The van der Waals surface area contributed by atoms with Gasteiger partial charge in [0.15, 0.2) is 0 Å². The van der Waals surface area contributed by atoms with E-state index in [9.17, 15) is 0 Å². The van der Waals surface area contributed by atoms with Crippen molar-refractivity contribution in [2.45, 2.75) is 38.3 Å². The first-order valence-electron chi connectivity index (χ1n) is 7.30. The van der Waals surface area contributed by atoms with Gasteiger partial charge in [-0.2, -0.15) is 0 Å². The lowest BCUT2D eigenvalue weighted by atomic mass is 9.78. The smallest absolute Gasteiger partial charge is 0.0320 e. The Balaban J connectivity index is 1.71. The first-order valence-corrected chi connectivity index (χ1v) is 7.30. The quantitative estimate of drug-likeness (QED) is 0.867. The third-order valence-corrected chi connectivity index (χ3v) is 5.01. The molecule has 1 aliphatic carbocycles. The number of fused-ring (bicyclic) bond motifs is 1. The molecule has 1 saturated heterocycles. The fourth-order valence-corrected chi connectivity index (χ4v) is 3.81. The largest absolute Gasteiger partial charge is 0.327 e. The predicted octanol–water partition coefficient (Wildman–Crippen LogP) is 2.81. The molecule has 1 aliphatic heterocycles. The van der Waals surface area contributed by atoms with E-state index in [0.717, 1.165) is 11.8 Å². The summed E-state index contributed by atoms with van der Waals surface area (Å²) in [7, 11) is 0. The van der Waals surface area contributed by atoms with Crippen molar-refractivity contribution in [1.29, 1.82) is 0 Å². The molecular formula is C16H24N2. The Labute approximate surface area is 110 Å². The third kappa shape index (κ3) is 2.19. The van der Waals surface area contributed by atoms with Crippen LogP contribution >= 0.6 is 0 Å². The van der Waals surface area contributed by atoms with Crippen LogP contribution in [-0.4, -0.2) is 24.0 Å². The average molecular weight is 244 g/mol. The molecule has 1 saturated carbocycles. The molecule has 4 unspecified atom stereocenters. The second kappa shape index (κ2) is 5.02. The number of hydrogen-bond acceptors (Lipinski definition) is 2. The van der Waals surface area contributed by atoms with Crippen molar-refractivity contribution < 1.29 is 0 Å². The van der Waals surface area contributed by atoms with Crippen LogP contribution in [0.3, 0.4) is 0 Å². The summed E-state index contributed by atoms with van der Waals surface area (Å²) in [5, 5.41) is 0. The Hall–Kier alpha value is -0.860. The van der Waals surface area contributed by atoms with Crippen molar-refractivity contribution in [2.24, 2.45) is 17.6 Å². The van der Waals surface area contributed by atoms with E-state index in [4.69, 9.17) is 5.73 Å². The minimum atomic E-state index is 0.441. The van der Waals surface area contributed by atoms with Crippen LogP contribution in [0.4, 0.5) is 0 Å². The van der Waals surface area contributed by atoms with Gasteiger partial charge >= 0.3 is 0 Å². The standard InChI is InChI=1S/C16H24N2/c1-12(13-6-3-2-4-7-13)18-10-14-8-5-9-16(17)15(14)11-18/h2-4,6-7,12,14-16H,5,8-11,17H2,1H3. The highest BCUT2D eigenvalue weighted by Gasteiger charge is 2.40. The van der Waals surface area contributed by atoms with Gasteiger partial charge in [-0.3, -0.25) is 4.90 Å². The van der Waals surface area contributed by atoms with Gasteiger partial charge < -0.3 is 5.73 Å². The Morgan fingerprint density at radius 1 is 1.17 bits per heavy atom. The number of likely N-dealkylation sites (tertiary alicyclic amines) is 1. The number of benzene rings is 1. The fourth-order valence-electron chi connectivity index (χ4n) is 3.81. The Morgan fingerprint density at radius 3 is 2.67 bits per heavy atom. The van der Waals surface area contributed by atoms with Crippen LogP contribution in [0.5, 0.6) is 0 Å². The Morgan fingerprint density at radius 2 is 1.94 bits per heavy atom. The Bertz CT molecular complexity index is 389. The van der Waals surface area contributed by atoms with E-state index in [0.29, 0.717) is 12.1 Å². The summed E-state index contributed by atoms with van der Waals surface area (Å²) in [6.07, 6.45) is 3.95. The second-order valence-corrected chi connectivity index (χ2v) is 6.06. The van der Waals surface area contributed by atoms with Crippen molar-refractivity contribution in [3.8, 4) is 0 Å². The van der Waals surface area contributed by atoms with Gasteiger partial charge in [-0.15, -0.1) is 0 Å². The number of nitrogens with two attached hydrogens (primary N) is 1. The Kier molecular flexibility index (Phi) is 3.40. The number of rotatable bonds is 2. The van der Waals surface area contributed by atoms with Crippen LogP contribution in [0, 0.1) is 11.8 Å². The van der Waals surface area contributed by atoms with Gasteiger partial charge in [0.25, 0.3) is 0 Å². The average Bonchev–Trinajstić information content (AvgIpc) is 2.84. The maximum absolute atomic E-state index is 6.29. The molecule has 2 nitrogen and oxygen atoms in total. The molecule has 1 heterocycles. The van der Waals surface area contributed by atoms with Gasteiger partial charge in [0.1, 0.15) is 0 Å². The van der Waals surface area contributed by atoms with Gasteiger partial charge in [0.2, 0.25) is 0 Å². The molecule has 2 fully saturated rings. The van der Waals surface area contributed by atoms with Crippen LogP contribution in [0.2, 0.25) is 0 Å². The van der Waals surface area contributed by atoms with Crippen LogP contribution < -0.4 is 5.73 Å². The van der Waals surface area contributed by atoms with Gasteiger partial charge in [-0.05, 0) is 37.2 Å². The van der Waals surface area contributed by atoms with E-state index in [1.807, 2.05) is 0 Å². The zero-order valence-electron chi connectivity index (χ0n) is 11.3. The van der Waals surface area contributed by atoms with E-state index in [1.54, 1.807) is 0 Å². The van der Waals surface area contributed by atoms with E-state index in [1.165, 1.54) is 37.9 Å². The SMILES string of the molecule is CC(c1ccccc1)N1CC2CCCC(N)C2C1. The molecule has 4 atom stereocenters. The highest BCUT2D eigenvalue weighted by molar-refractivity contribution is 5.19. The van der Waals surface area contributed by atoms with Crippen molar-refractivity contribution in [3.63, 3.8) is 0 Å². The van der Waals surface area contributed by atoms with Crippen LogP contribution in [-0.2, 0) is 0 Å². The molecular weight excluding hydrogens is 220 g/mol. The van der Waals surface area contributed by atoms with Crippen molar-refractivity contribution in [1.82, 2.24) is 4.90 Å². The molecule has 18 heavy (non-hydrogen) atoms. The lowest BCUT2D eigenvalue weighted by Gasteiger charge is -2.30. The molecule has 0 aromatic heterocycles. The molecule has 1 aromatic carbocycles. The summed E-state index contributed by atoms with van der Waals surface area (Å²) >= 11 is 0. The lowest BCUT2D eigenvalue weighted by Crippen LogP contribution is -2.38. The second-order valence-electron chi connectivity index (χ2n) is 6.06. The molecule has 0 bridgehead atoms. The van der Waals surface area contributed by atoms with Gasteiger partial charge in [0, 0.05) is 25.2 Å². The molecule has 0 amide bonds. The van der Waals surface area contributed by atoms with Crippen molar-refractivity contribution in [2.75, 3.05) is 13.1 Å². The number of hydrogen-bond donors (Lipinski definition) is 1. The minimum absolute atomic E-state index is 0.441. The topological polar surface area (TPSA) is 29.3 Å². The predicted molar refractivity (Wildman–Crippen MR) is 75.2 cm³/mol. The molecule has 2 heteroatoms. The first-order chi connectivity index (χ1) is 8.75. The van der Waals surface area contributed by atoms with Crippen LogP contribution in [0.15, 0.2) is 30.3 Å². The normalized spacial score (nSPS) is 34.2. The highest BCUT2D eigenvalue weighted by atomic mass is 15.2. The van der Waals surface area contributed by atoms with Crippen molar-refractivity contribution >= 4 is 0 Å². The number of nitrogens with zero attached hydrogens (tertiary/aromatic N) is 1. The first kappa shape index (κ1) is 12.2. The zero-order valence-corrected chi connectivity index (χ0v) is 11.3.